The monoisotopic (exact) mass is 266 g/mol. The standard InChI is InChI=1S/C13H18N2O2S/c1-17-13(3-2-4-13)8-11(16)7-10-9-15-5-6-18-12(15)14-10/h5-6,9,11,16H,2-4,7-8H2,1H3. The fraction of sp³-hybridized carbons (Fsp3) is 0.615. The lowest BCUT2D eigenvalue weighted by molar-refractivity contribution is -0.0989. The van der Waals surface area contributed by atoms with Gasteiger partial charge in [-0.2, -0.15) is 0 Å². The third kappa shape index (κ3) is 2.18. The van der Waals surface area contributed by atoms with Gasteiger partial charge >= 0.3 is 0 Å². The Morgan fingerprint density at radius 1 is 1.61 bits per heavy atom. The Bertz CT molecular complexity index is 496. The van der Waals surface area contributed by atoms with Gasteiger partial charge in [-0.25, -0.2) is 4.98 Å². The van der Waals surface area contributed by atoms with Crippen molar-refractivity contribution in [2.45, 2.75) is 43.8 Å². The summed E-state index contributed by atoms with van der Waals surface area (Å²) in [4.78, 5) is 5.48. The molecule has 2 aromatic rings. The molecule has 0 spiro atoms. The Labute approximate surface area is 110 Å². The van der Waals surface area contributed by atoms with E-state index in [2.05, 4.69) is 4.98 Å². The SMILES string of the molecule is COC1(CC(O)Cc2cn3ccsc3n2)CCC1. The van der Waals surface area contributed by atoms with Crippen molar-refractivity contribution in [3.8, 4) is 0 Å². The molecule has 1 N–H and O–H groups in total. The molecule has 0 radical (unpaired) electrons. The number of aliphatic hydroxyl groups excluding tert-OH is 1. The predicted octanol–water partition coefficient (Wildman–Crippen LogP) is 2.26. The highest BCUT2D eigenvalue weighted by atomic mass is 32.1. The number of fused-ring (bicyclic) bond motifs is 1. The Morgan fingerprint density at radius 3 is 3.06 bits per heavy atom. The van der Waals surface area contributed by atoms with Gasteiger partial charge in [-0.15, -0.1) is 11.3 Å². The van der Waals surface area contributed by atoms with Crippen molar-refractivity contribution in [1.29, 1.82) is 0 Å². The zero-order chi connectivity index (χ0) is 12.6. The Hall–Kier alpha value is -0.910. The van der Waals surface area contributed by atoms with Crippen molar-refractivity contribution >= 4 is 16.3 Å². The van der Waals surface area contributed by atoms with E-state index in [1.807, 2.05) is 22.2 Å². The summed E-state index contributed by atoms with van der Waals surface area (Å²) in [6.07, 6.45) is 8.29. The first-order chi connectivity index (χ1) is 8.71. The van der Waals surface area contributed by atoms with E-state index >= 15 is 0 Å². The van der Waals surface area contributed by atoms with E-state index in [1.165, 1.54) is 6.42 Å². The molecule has 2 heterocycles. The second-order valence-electron chi connectivity index (χ2n) is 5.13. The largest absolute Gasteiger partial charge is 0.393 e. The summed E-state index contributed by atoms with van der Waals surface area (Å²) in [6.45, 7) is 0. The van der Waals surface area contributed by atoms with E-state index < -0.39 is 0 Å². The first-order valence-electron chi connectivity index (χ1n) is 6.35. The van der Waals surface area contributed by atoms with Crippen LogP contribution in [0.25, 0.3) is 4.96 Å². The number of aliphatic hydroxyl groups is 1. The zero-order valence-electron chi connectivity index (χ0n) is 10.5. The Morgan fingerprint density at radius 2 is 2.44 bits per heavy atom. The zero-order valence-corrected chi connectivity index (χ0v) is 11.3. The summed E-state index contributed by atoms with van der Waals surface area (Å²) in [5, 5.41) is 12.2. The van der Waals surface area contributed by atoms with E-state index in [-0.39, 0.29) is 11.7 Å². The molecule has 1 atom stereocenters. The van der Waals surface area contributed by atoms with Gasteiger partial charge in [-0.1, -0.05) is 0 Å². The van der Waals surface area contributed by atoms with Crippen LogP contribution < -0.4 is 0 Å². The summed E-state index contributed by atoms with van der Waals surface area (Å²) < 4.78 is 7.54. The Kier molecular flexibility index (Phi) is 3.13. The number of imidazole rings is 1. The summed E-state index contributed by atoms with van der Waals surface area (Å²) in [5.74, 6) is 0. The van der Waals surface area contributed by atoms with Gasteiger partial charge in [-0.3, -0.25) is 4.40 Å². The molecule has 1 saturated carbocycles. The maximum atomic E-state index is 10.2. The van der Waals surface area contributed by atoms with Gasteiger partial charge < -0.3 is 9.84 Å². The third-order valence-corrected chi connectivity index (χ3v) is 4.66. The third-order valence-electron chi connectivity index (χ3n) is 3.89. The number of rotatable bonds is 5. The number of thiazole rings is 1. The van der Waals surface area contributed by atoms with Crippen molar-refractivity contribution < 1.29 is 9.84 Å². The van der Waals surface area contributed by atoms with Gasteiger partial charge in [0.1, 0.15) is 0 Å². The van der Waals surface area contributed by atoms with Gasteiger partial charge in [0.25, 0.3) is 0 Å². The molecule has 1 aliphatic carbocycles. The van der Waals surface area contributed by atoms with E-state index in [0.717, 1.165) is 23.5 Å². The van der Waals surface area contributed by atoms with Crippen LogP contribution in [-0.4, -0.2) is 33.3 Å². The summed E-state index contributed by atoms with van der Waals surface area (Å²) in [7, 11) is 1.75. The van der Waals surface area contributed by atoms with Crippen LogP contribution in [0.1, 0.15) is 31.4 Å². The summed E-state index contributed by atoms with van der Waals surface area (Å²) in [5.41, 5.74) is 0.885. The van der Waals surface area contributed by atoms with Gasteiger partial charge in [-0.05, 0) is 19.3 Å². The lowest BCUT2D eigenvalue weighted by Crippen LogP contribution is -2.42. The molecule has 5 heteroatoms. The van der Waals surface area contributed by atoms with Crippen LogP contribution >= 0.6 is 11.3 Å². The number of nitrogens with zero attached hydrogens (tertiary/aromatic N) is 2. The molecule has 3 rings (SSSR count). The van der Waals surface area contributed by atoms with Gasteiger partial charge in [0.15, 0.2) is 4.96 Å². The van der Waals surface area contributed by atoms with Crippen LogP contribution in [0.15, 0.2) is 17.8 Å². The minimum atomic E-state index is -0.366. The molecule has 0 bridgehead atoms. The average Bonchev–Trinajstić information content (AvgIpc) is 2.83. The van der Waals surface area contributed by atoms with Crippen LogP contribution in [0.3, 0.4) is 0 Å². The van der Waals surface area contributed by atoms with Crippen LogP contribution in [-0.2, 0) is 11.2 Å². The smallest absolute Gasteiger partial charge is 0.193 e. The molecule has 1 unspecified atom stereocenters. The van der Waals surface area contributed by atoms with Crippen molar-refractivity contribution in [2.24, 2.45) is 0 Å². The average molecular weight is 266 g/mol. The molecule has 18 heavy (non-hydrogen) atoms. The highest BCUT2D eigenvalue weighted by molar-refractivity contribution is 7.15. The molecule has 4 nitrogen and oxygen atoms in total. The Balaban J connectivity index is 1.63. The number of hydrogen-bond donors (Lipinski definition) is 1. The predicted molar refractivity (Wildman–Crippen MR) is 71.0 cm³/mol. The highest BCUT2D eigenvalue weighted by Crippen LogP contribution is 2.39. The molecular weight excluding hydrogens is 248 g/mol. The molecule has 0 aliphatic heterocycles. The number of aromatic nitrogens is 2. The van der Waals surface area contributed by atoms with Gasteiger partial charge in [0, 0.05) is 37.7 Å². The lowest BCUT2D eigenvalue weighted by atomic mass is 9.75. The van der Waals surface area contributed by atoms with Crippen molar-refractivity contribution in [3.63, 3.8) is 0 Å². The van der Waals surface area contributed by atoms with Crippen LogP contribution in [0, 0.1) is 0 Å². The summed E-state index contributed by atoms with van der Waals surface area (Å²) in [6, 6.07) is 0. The topological polar surface area (TPSA) is 46.8 Å². The first-order valence-corrected chi connectivity index (χ1v) is 7.23. The fourth-order valence-electron chi connectivity index (χ4n) is 2.68. The number of ether oxygens (including phenoxy) is 1. The van der Waals surface area contributed by atoms with E-state index in [4.69, 9.17) is 4.74 Å². The van der Waals surface area contributed by atoms with E-state index in [0.29, 0.717) is 12.8 Å². The fourth-order valence-corrected chi connectivity index (χ4v) is 3.40. The molecule has 0 aromatic carbocycles. The second-order valence-corrected chi connectivity index (χ2v) is 6.00. The normalized spacial score (nSPS) is 19.9. The van der Waals surface area contributed by atoms with Gasteiger partial charge in [0.05, 0.1) is 17.4 Å². The van der Waals surface area contributed by atoms with Gasteiger partial charge in [0.2, 0.25) is 0 Å². The molecule has 0 amide bonds. The number of methoxy groups -OCH3 is 1. The molecule has 0 saturated heterocycles. The van der Waals surface area contributed by atoms with Crippen molar-refractivity contribution in [3.05, 3.63) is 23.5 Å². The molecular formula is C13H18N2O2S. The van der Waals surface area contributed by atoms with E-state index in [1.54, 1.807) is 18.4 Å². The van der Waals surface area contributed by atoms with E-state index in [9.17, 15) is 5.11 Å². The lowest BCUT2D eigenvalue weighted by Gasteiger charge is -2.41. The van der Waals surface area contributed by atoms with Crippen LogP contribution in [0.2, 0.25) is 0 Å². The number of hydrogen-bond acceptors (Lipinski definition) is 4. The second kappa shape index (κ2) is 4.64. The molecule has 98 valence electrons. The minimum Gasteiger partial charge on any atom is -0.393 e. The highest BCUT2D eigenvalue weighted by Gasteiger charge is 2.38. The summed E-state index contributed by atoms with van der Waals surface area (Å²) >= 11 is 1.61. The minimum absolute atomic E-state index is 0.0729. The van der Waals surface area contributed by atoms with Crippen LogP contribution in [0.5, 0.6) is 0 Å². The van der Waals surface area contributed by atoms with Crippen molar-refractivity contribution in [2.75, 3.05) is 7.11 Å². The molecule has 2 aromatic heterocycles. The first kappa shape index (κ1) is 12.1. The molecule has 1 aliphatic rings. The quantitative estimate of drug-likeness (QED) is 0.903. The maximum absolute atomic E-state index is 10.2. The van der Waals surface area contributed by atoms with Crippen LogP contribution in [0.4, 0.5) is 0 Å². The van der Waals surface area contributed by atoms with Crippen molar-refractivity contribution in [1.82, 2.24) is 9.38 Å². The molecule has 1 fully saturated rings. The maximum Gasteiger partial charge on any atom is 0.193 e.